The van der Waals surface area contributed by atoms with Crippen LogP contribution in [0.4, 0.5) is 4.39 Å². The van der Waals surface area contributed by atoms with E-state index in [0.717, 1.165) is 42.7 Å². The molecule has 1 fully saturated rings. The van der Waals surface area contributed by atoms with E-state index < -0.39 is 5.41 Å². The number of hydrogen-bond donors (Lipinski definition) is 2. The van der Waals surface area contributed by atoms with Gasteiger partial charge in [0.05, 0.1) is 11.2 Å². The first kappa shape index (κ1) is 20.5. The fourth-order valence-corrected chi connectivity index (χ4v) is 5.35. The number of rotatable bonds is 2. The summed E-state index contributed by atoms with van der Waals surface area (Å²) in [7, 11) is 0. The van der Waals surface area contributed by atoms with Gasteiger partial charge in [0.25, 0.3) is 0 Å². The molecule has 1 spiro atoms. The van der Waals surface area contributed by atoms with Crippen LogP contribution in [0.2, 0.25) is 5.02 Å². The van der Waals surface area contributed by atoms with E-state index in [1.807, 2.05) is 30.5 Å². The summed E-state index contributed by atoms with van der Waals surface area (Å²) in [5, 5.41) is 3.76. The number of ether oxygens (including phenoxy) is 2. The van der Waals surface area contributed by atoms with Crippen molar-refractivity contribution in [1.29, 1.82) is 0 Å². The Kier molecular flexibility index (Phi) is 4.82. The molecule has 3 aliphatic heterocycles. The zero-order chi connectivity index (χ0) is 22.6. The molecular formula is C26H23ClFN3O2. The third-order valence-electron chi connectivity index (χ3n) is 6.93. The fourth-order valence-electron chi connectivity index (χ4n) is 5.18. The van der Waals surface area contributed by atoms with E-state index in [1.54, 1.807) is 12.1 Å². The second-order valence-electron chi connectivity index (χ2n) is 8.87. The third-order valence-corrected chi connectivity index (χ3v) is 7.16. The van der Waals surface area contributed by atoms with Crippen molar-refractivity contribution >= 4 is 11.6 Å². The van der Waals surface area contributed by atoms with Crippen LogP contribution >= 0.6 is 11.6 Å². The molecule has 0 aliphatic carbocycles. The number of aromatic nitrogens is 1. The molecule has 1 atom stereocenters. The SMILES string of the molecule is NC1=C[C@]2(CN1)c1cc(-c3cc(Cl)ccc3F)ccc1Oc1ncc(C3CCOCC3)cc12. The maximum Gasteiger partial charge on any atom is 0.223 e. The van der Waals surface area contributed by atoms with Gasteiger partial charge in [-0.1, -0.05) is 17.7 Å². The van der Waals surface area contributed by atoms with Crippen molar-refractivity contribution in [3.8, 4) is 22.8 Å². The predicted molar refractivity (Wildman–Crippen MR) is 125 cm³/mol. The van der Waals surface area contributed by atoms with Crippen LogP contribution in [0, 0.1) is 5.82 Å². The summed E-state index contributed by atoms with van der Waals surface area (Å²) in [5.74, 6) is 1.94. The zero-order valence-electron chi connectivity index (χ0n) is 17.9. The van der Waals surface area contributed by atoms with Gasteiger partial charge >= 0.3 is 0 Å². The molecule has 168 valence electrons. The van der Waals surface area contributed by atoms with Gasteiger partial charge in [-0.15, -0.1) is 0 Å². The monoisotopic (exact) mass is 463 g/mol. The van der Waals surface area contributed by atoms with E-state index in [1.165, 1.54) is 11.6 Å². The number of fused-ring (bicyclic) bond motifs is 4. The van der Waals surface area contributed by atoms with Crippen LogP contribution in [0.15, 0.2) is 60.6 Å². The second-order valence-corrected chi connectivity index (χ2v) is 9.31. The Bertz CT molecular complexity index is 1290. The second kappa shape index (κ2) is 7.75. The summed E-state index contributed by atoms with van der Waals surface area (Å²) in [6.07, 6.45) is 5.89. The van der Waals surface area contributed by atoms with Gasteiger partial charge in [0.2, 0.25) is 5.88 Å². The molecule has 1 aromatic heterocycles. The minimum atomic E-state index is -0.563. The van der Waals surface area contributed by atoms with Crippen LogP contribution in [0.25, 0.3) is 11.1 Å². The van der Waals surface area contributed by atoms with Crippen LogP contribution < -0.4 is 15.8 Å². The third kappa shape index (κ3) is 3.36. The molecule has 0 bridgehead atoms. The molecule has 0 amide bonds. The van der Waals surface area contributed by atoms with Crippen molar-refractivity contribution < 1.29 is 13.9 Å². The van der Waals surface area contributed by atoms with Gasteiger partial charge in [0.1, 0.15) is 11.6 Å². The first-order valence-electron chi connectivity index (χ1n) is 11.1. The van der Waals surface area contributed by atoms with E-state index in [-0.39, 0.29) is 5.82 Å². The Morgan fingerprint density at radius 3 is 2.73 bits per heavy atom. The molecule has 0 unspecified atom stereocenters. The van der Waals surface area contributed by atoms with Crippen molar-refractivity contribution in [2.24, 2.45) is 5.73 Å². The number of hydrogen-bond acceptors (Lipinski definition) is 5. The van der Waals surface area contributed by atoms with Crippen LogP contribution in [0.5, 0.6) is 11.6 Å². The minimum Gasteiger partial charge on any atom is -0.438 e. The quantitative estimate of drug-likeness (QED) is 0.544. The molecule has 2 aromatic carbocycles. The van der Waals surface area contributed by atoms with Crippen LogP contribution in [-0.2, 0) is 10.2 Å². The molecule has 0 radical (unpaired) electrons. The van der Waals surface area contributed by atoms with Gasteiger partial charge in [0.15, 0.2) is 0 Å². The van der Waals surface area contributed by atoms with E-state index in [9.17, 15) is 4.39 Å². The average molecular weight is 464 g/mol. The lowest BCUT2D eigenvalue weighted by Gasteiger charge is -2.36. The smallest absolute Gasteiger partial charge is 0.223 e. The molecule has 6 rings (SSSR count). The van der Waals surface area contributed by atoms with Gasteiger partial charge in [-0.25, -0.2) is 9.37 Å². The Labute approximate surface area is 196 Å². The van der Waals surface area contributed by atoms with Gasteiger partial charge in [-0.3, -0.25) is 0 Å². The molecule has 1 saturated heterocycles. The maximum atomic E-state index is 14.7. The number of nitrogens with two attached hydrogens (primary N) is 1. The molecule has 4 heterocycles. The van der Waals surface area contributed by atoms with Crippen molar-refractivity contribution in [1.82, 2.24) is 10.3 Å². The summed E-state index contributed by atoms with van der Waals surface area (Å²) in [6.45, 7) is 2.09. The number of pyridine rings is 1. The molecule has 3 aromatic rings. The summed E-state index contributed by atoms with van der Waals surface area (Å²) in [6, 6.07) is 12.5. The van der Waals surface area contributed by atoms with E-state index in [4.69, 9.17) is 31.8 Å². The van der Waals surface area contributed by atoms with Gasteiger partial charge in [0, 0.05) is 47.7 Å². The van der Waals surface area contributed by atoms with E-state index in [2.05, 4.69) is 11.4 Å². The van der Waals surface area contributed by atoms with Crippen LogP contribution in [-0.4, -0.2) is 24.7 Å². The lowest BCUT2D eigenvalue weighted by Crippen LogP contribution is -2.35. The van der Waals surface area contributed by atoms with Crippen molar-refractivity contribution in [3.05, 3.63) is 88.1 Å². The highest BCUT2D eigenvalue weighted by molar-refractivity contribution is 6.30. The maximum absolute atomic E-state index is 14.7. The number of nitrogens with one attached hydrogen (secondary N) is 1. The first-order chi connectivity index (χ1) is 16.0. The van der Waals surface area contributed by atoms with Crippen molar-refractivity contribution in [2.45, 2.75) is 24.2 Å². The number of nitrogens with zero attached hydrogens (tertiary/aromatic N) is 1. The normalized spacial score (nSPS) is 21.7. The largest absolute Gasteiger partial charge is 0.438 e. The fraction of sp³-hybridized carbons (Fsp3) is 0.269. The van der Waals surface area contributed by atoms with E-state index >= 15 is 0 Å². The highest BCUT2D eigenvalue weighted by Crippen LogP contribution is 2.51. The molecule has 7 heteroatoms. The van der Waals surface area contributed by atoms with Gasteiger partial charge in [-0.2, -0.15) is 0 Å². The molecule has 33 heavy (non-hydrogen) atoms. The Morgan fingerprint density at radius 1 is 1.09 bits per heavy atom. The predicted octanol–water partition coefficient (Wildman–Crippen LogP) is 5.23. The topological polar surface area (TPSA) is 69.4 Å². The van der Waals surface area contributed by atoms with E-state index in [0.29, 0.717) is 40.5 Å². The Hall–Kier alpha value is -3.09. The summed E-state index contributed by atoms with van der Waals surface area (Å²) < 4.78 is 26.4. The molecule has 3 aliphatic rings. The highest BCUT2D eigenvalue weighted by Gasteiger charge is 2.45. The number of halogens is 2. The summed E-state index contributed by atoms with van der Waals surface area (Å²) in [4.78, 5) is 4.71. The van der Waals surface area contributed by atoms with Gasteiger partial charge in [-0.05, 0) is 72.4 Å². The Balaban J connectivity index is 1.51. The lowest BCUT2D eigenvalue weighted by atomic mass is 9.72. The van der Waals surface area contributed by atoms with Crippen LogP contribution in [0.1, 0.15) is 35.4 Å². The summed E-state index contributed by atoms with van der Waals surface area (Å²) >= 11 is 6.16. The molecular weight excluding hydrogens is 441 g/mol. The molecule has 3 N–H and O–H groups in total. The zero-order valence-corrected chi connectivity index (χ0v) is 18.7. The average Bonchev–Trinajstić information content (AvgIpc) is 3.23. The highest BCUT2D eigenvalue weighted by atomic mass is 35.5. The van der Waals surface area contributed by atoms with Crippen molar-refractivity contribution in [3.63, 3.8) is 0 Å². The Morgan fingerprint density at radius 2 is 1.94 bits per heavy atom. The molecule has 5 nitrogen and oxygen atoms in total. The number of benzene rings is 2. The minimum absolute atomic E-state index is 0.325. The van der Waals surface area contributed by atoms with Crippen LogP contribution in [0.3, 0.4) is 0 Å². The standard InChI is InChI=1S/C26H23ClFN3O2/c27-18-2-3-22(28)19(11-18)16-1-4-23-20(9-16)26(12-24(29)31-14-26)21-10-17(13-30-25(21)33-23)15-5-7-32-8-6-15/h1-4,9-13,15,31H,5-8,14,29H2/t26-/m0/s1. The lowest BCUT2D eigenvalue weighted by molar-refractivity contribution is 0.0852. The van der Waals surface area contributed by atoms with Crippen molar-refractivity contribution in [2.75, 3.05) is 19.8 Å². The van der Waals surface area contributed by atoms with Gasteiger partial charge < -0.3 is 20.5 Å². The first-order valence-corrected chi connectivity index (χ1v) is 11.5. The molecule has 0 saturated carbocycles. The summed E-state index contributed by atoms with van der Waals surface area (Å²) in [5.41, 5.74) is 9.91.